The van der Waals surface area contributed by atoms with Gasteiger partial charge in [-0.2, -0.15) is 0 Å². The summed E-state index contributed by atoms with van der Waals surface area (Å²) >= 11 is 1.82. The van der Waals surface area contributed by atoms with Gasteiger partial charge in [-0.25, -0.2) is 0 Å². The molecule has 0 aliphatic carbocycles. The van der Waals surface area contributed by atoms with E-state index < -0.39 is 0 Å². The first kappa shape index (κ1) is 19.6. The first-order chi connectivity index (χ1) is 9.08. The molecular weight excluding hydrogens is 381 g/mol. The Labute approximate surface area is 144 Å². The molecule has 1 aromatic carbocycles. The number of thioether (sulfide) groups is 1. The van der Waals surface area contributed by atoms with Crippen molar-refractivity contribution in [1.29, 1.82) is 0 Å². The van der Waals surface area contributed by atoms with Gasteiger partial charge in [0.25, 0.3) is 0 Å². The summed E-state index contributed by atoms with van der Waals surface area (Å²) in [6, 6.07) is 10.4. The molecule has 1 aromatic rings. The van der Waals surface area contributed by atoms with Gasteiger partial charge in [-0.1, -0.05) is 39.0 Å². The molecule has 0 saturated carbocycles. The summed E-state index contributed by atoms with van der Waals surface area (Å²) in [5, 5.41) is 3.58. The Morgan fingerprint density at radius 3 is 2.50 bits per heavy atom. The minimum absolute atomic E-state index is 0. The molecule has 3 N–H and O–H groups in total. The summed E-state index contributed by atoms with van der Waals surface area (Å²) in [6.07, 6.45) is 1.12. The van der Waals surface area contributed by atoms with Crippen molar-refractivity contribution in [1.82, 2.24) is 5.32 Å². The molecule has 0 aliphatic heterocycles. The third-order valence-corrected chi connectivity index (χ3v) is 3.72. The minimum Gasteiger partial charge on any atom is -0.370 e. The maximum Gasteiger partial charge on any atom is 0.188 e. The van der Waals surface area contributed by atoms with Crippen LogP contribution in [0.15, 0.2) is 40.2 Å². The largest absolute Gasteiger partial charge is 0.370 e. The van der Waals surface area contributed by atoms with E-state index in [4.69, 9.17) is 5.73 Å². The van der Waals surface area contributed by atoms with E-state index in [1.807, 2.05) is 17.8 Å². The van der Waals surface area contributed by atoms with Crippen molar-refractivity contribution in [3.05, 3.63) is 30.3 Å². The minimum atomic E-state index is 0. The molecule has 5 heteroatoms. The number of nitrogens with one attached hydrogen (secondary N) is 1. The quantitative estimate of drug-likeness (QED) is 0.313. The number of nitrogens with two attached hydrogens (primary N) is 1. The molecule has 0 aliphatic rings. The number of hydrogen-bond donors (Lipinski definition) is 2. The van der Waals surface area contributed by atoms with Crippen LogP contribution >= 0.6 is 35.7 Å². The van der Waals surface area contributed by atoms with E-state index in [1.165, 1.54) is 4.90 Å². The van der Waals surface area contributed by atoms with Crippen LogP contribution in [0.2, 0.25) is 0 Å². The van der Waals surface area contributed by atoms with E-state index in [2.05, 4.69) is 55.3 Å². The first-order valence-electron chi connectivity index (χ1n) is 6.83. The van der Waals surface area contributed by atoms with Crippen molar-refractivity contribution >= 4 is 41.7 Å². The van der Waals surface area contributed by atoms with Crippen LogP contribution in [0, 0.1) is 5.92 Å². The fraction of sp³-hybridized carbons (Fsp3) is 0.533. The zero-order chi connectivity index (χ0) is 14.1. The summed E-state index contributed by atoms with van der Waals surface area (Å²) in [7, 11) is 0. The topological polar surface area (TPSA) is 50.4 Å². The van der Waals surface area contributed by atoms with Crippen LogP contribution in [0.25, 0.3) is 0 Å². The van der Waals surface area contributed by atoms with Gasteiger partial charge in [0.05, 0.1) is 6.54 Å². The summed E-state index contributed by atoms with van der Waals surface area (Å²) in [5.41, 5.74) is 5.83. The summed E-state index contributed by atoms with van der Waals surface area (Å²) in [5.74, 6) is 1.24. The standard InChI is InChI=1S/C15H25N3S.HI/c1-12(2)9-10-17-15(16)18-11-13(3)19-14-7-5-4-6-8-14;/h4-8,12-13H,9-11H2,1-3H3,(H3,16,17,18);1H. The van der Waals surface area contributed by atoms with E-state index in [9.17, 15) is 0 Å². The summed E-state index contributed by atoms with van der Waals surface area (Å²) in [6.45, 7) is 8.21. The number of guanidine groups is 1. The fourth-order valence-corrected chi connectivity index (χ4v) is 2.47. The second-order valence-electron chi connectivity index (χ2n) is 5.08. The van der Waals surface area contributed by atoms with E-state index in [-0.39, 0.29) is 24.0 Å². The van der Waals surface area contributed by atoms with Crippen molar-refractivity contribution in [2.24, 2.45) is 16.6 Å². The van der Waals surface area contributed by atoms with Crippen LogP contribution in [0.3, 0.4) is 0 Å². The van der Waals surface area contributed by atoms with Gasteiger partial charge >= 0.3 is 0 Å². The van der Waals surface area contributed by atoms with E-state index in [0.717, 1.165) is 19.5 Å². The Bertz CT molecular complexity index is 382. The van der Waals surface area contributed by atoms with E-state index >= 15 is 0 Å². The van der Waals surface area contributed by atoms with Crippen molar-refractivity contribution < 1.29 is 0 Å². The SMILES string of the molecule is CC(C)CCNC(N)=NCC(C)Sc1ccccc1.I. The molecule has 0 saturated heterocycles. The highest BCUT2D eigenvalue weighted by molar-refractivity contribution is 14.0. The Morgan fingerprint density at radius 1 is 1.25 bits per heavy atom. The van der Waals surface area contributed by atoms with Gasteiger partial charge in [-0.15, -0.1) is 35.7 Å². The summed E-state index contributed by atoms with van der Waals surface area (Å²) in [4.78, 5) is 5.65. The maximum absolute atomic E-state index is 5.83. The number of hydrogen-bond acceptors (Lipinski definition) is 2. The molecule has 0 spiro atoms. The van der Waals surface area contributed by atoms with E-state index in [0.29, 0.717) is 17.1 Å². The fourth-order valence-electron chi connectivity index (χ4n) is 1.54. The van der Waals surface area contributed by atoms with Crippen LogP contribution in [0.1, 0.15) is 27.2 Å². The monoisotopic (exact) mass is 407 g/mol. The zero-order valence-corrected chi connectivity index (χ0v) is 15.7. The van der Waals surface area contributed by atoms with E-state index in [1.54, 1.807) is 0 Å². The third-order valence-electron chi connectivity index (χ3n) is 2.63. The summed E-state index contributed by atoms with van der Waals surface area (Å²) < 4.78 is 0. The second-order valence-corrected chi connectivity index (χ2v) is 6.59. The van der Waals surface area contributed by atoms with Gasteiger partial charge in [0.1, 0.15) is 0 Å². The van der Waals surface area contributed by atoms with Crippen molar-refractivity contribution in [3.8, 4) is 0 Å². The second kappa shape index (κ2) is 11.3. The molecule has 114 valence electrons. The molecule has 3 nitrogen and oxygen atoms in total. The lowest BCUT2D eigenvalue weighted by atomic mass is 10.1. The zero-order valence-electron chi connectivity index (χ0n) is 12.5. The Morgan fingerprint density at radius 2 is 1.90 bits per heavy atom. The molecule has 0 radical (unpaired) electrons. The van der Waals surface area contributed by atoms with Gasteiger partial charge in [-0.3, -0.25) is 4.99 Å². The molecule has 0 fully saturated rings. The predicted molar refractivity (Wildman–Crippen MR) is 101 cm³/mol. The number of rotatable bonds is 7. The number of nitrogens with zero attached hydrogens (tertiary/aromatic N) is 1. The number of aliphatic imine (C=N–C) groups is 1. The average molecular weight is 407 g/mol. The molecule has 1 unspecified atom stereocenters. The lowest BCUT2D eigenvalue weighted by Crippen LogP contribution is -2.33. The van der Waals surface area contributed by atoms with Gasteiger partial charge in [0.15, 0.2) is 5.96 Å². The van der Waals surface area contributed by atoms with Crippen molar-refractivity contribution in [2.75, 3.05) is 13.1 Å². The highest BCUT2D eigenvalue weighted by Crippen LogP contribution is 2.22. The number of benzene rings is 1. The van der Waals surface area contributed by atoms with Crippen LogP contribution in [0.4, 0.5) is 0 Å². The molecule has 1 atom stereocenters. The van der Waals surface area contributed by atoms with Crippen molar-refractivity contribution in [2.45, 2.75) is 37.3 Å². The normalized spacial score (nSPS) is 12.9. The van der Waals surface area contributed by atoms with Gasteiger partial charge in [0.2, 0.25) is 0 Å². The number of halogens is 1. The Hall–Kier alpha value is -0.430. The molecule has 0 aromatic heterocycles. The first-order valence-corrected chi connectivity index (χ1v) is 7.71. The Balaban J connectivity index is 0.00000361. The molecule has 0 amide bonds. The third kappa shape index (κ3) is 9.47. The van der Waals surface area contributed by atoms with Crippen LogP contribution < -0.4 is 11.1 Å². The molecule has 20 heavy (non-hydrogen) atoms. The smallest absolute Gasteiger partial charge is 0.188 e. The van der Waals surface area contributed by atoms with Crippen LogP contribution in [-0.4, -0.2) is 24.3 Å². The van der Waals surface area contributed by atoms with Gasteiger partial charge in [-0.05, 0) is 24.5 Å². The molecule has 0 bridgehead atoms. The molecular formula is C15H26IN3S. The molecule has 1 rings (SSSR count). The predicted octanol–water partition coefficient (Wildman–Crippen LogP) is 3.74. The highest BCUT2D eigenvalue weighted by atomic mass is 127. The Kier molecular flexibility index (Phi) is 11.0. The maximum atomic E-state index is 5.83. The highest BCUT2D eigenvalue weighted by Gasteiger charge is 2.03. The lowest BCUT2D eigenvalue weighted by Gasteiger charge is -2.10. The van der Waals surface area contributed by atoms with Gasteiger partial charge in [0, 0.05) is 16.7 Å². The molecule has 0 heterocycles. The lowest BCUT2D eigenvalue weighted by molar-refractivity contribution is 0.576. The van der Waals surface area contributed by atoms with Crippen molar-refractivity contribution in [3.63, 3.8) is 0 Å². The van der Waals surface area contributed by atoms with Crippen LogP contribution in [0.5, 0.6) is 0 Å². The van der Waals surface area contributed by atoms with Crippen LogP contribution in [-0.2, 0) is 0 Å². The average Bonchev–Trinajstić information content (AvgIpc) is 2.37. The van der Waals surface area contributed by atoms with Gasteiger partial charge < -0.3 is 11.1 Å².